The molecule has 0 spiro atoms. The van der Waals surface area contributed by atoms with Gasteiger partial charge in [-0.05, 0) is 31.5 Å². The predicted molar refractivity (Wildman–Crippen MR) is 65.4 cm³/mol. The Morgan fingerprint density at radius 2 is 2.07 bits per heavy atom. The van der Waals surface area contributed by atoms with Crippen molar-refractivity contribution in [2.24, 2.45) is 0 Å². The van der Waals surface area contributed by atoms with Crippen LogP contribution in [0.5, 0.6) is 5.75 Å². The molecule has 1 aliphatic heterocycles. The number of rotatable bonds is 1. The van der Waals surface area contributed by atoms with E-state index in [9.17, 15) is 5.11 Å². The fraction of sp³-hybridized carbons (Fsp3) is 0.400. The van der Waals surface area contributed by atoms with E-state index in [1.165, 1.54) is 0 Å². The van der Waals surface area contributed by atoms with Crippen LogP contribution < -0.4 is 5.32 Å². The third kappa shape index (κ3) is 2.70. The standard InChI is InChI=1S/C10H11Cl2NO.ClH/c11-6-4-7(9-2-1-3-13-9)10(14)8(12)5-6;/h4-5,9,13-14H,1-3H2;1H/t9-;/m1./s1. The fourth-order valence-corrected chi connectivity index (χ4v) is 2.31. The summed E-state index contributed by atoms with van der Waals surface area (Å²) in [6.45, 7) is 0.980. The minimum Gasteiger partial charge on any atom is -0.506 e. The molecule has 0 aliphatic carbocycles. The van der Waals surface area contributed by atoms with Gasteiger partial charge in [-0.3, -0.25) is 0 Å². The van der Waals surface area contributed by atoms with Crippen molar-refractivity contribution in [2.75, 3.05) is 6.54 Å². The van der Waals surface area contributed by atoms with E-state index < -0.39 is 0 Å². The molecule has 84 valence electrons. The summed E-state index contributed by atoms with van der Waals surface area (Å²) in [5.41, 5.74) is 0.806. The molecular weight excluding hydrogens is 256 g/mol. The Balaban J connectivity index is 0.00000112. The zero-order chi connectivity index (χ0) is 10.1. The fourth-order valence-electron chi connectivity index (χ4n) is 1.80. The molecule has 0 saturated carbocycles. The predicted octanol–water partition coefficient (Wildman–Crippen LogP) is 3.55. The molecule has 0 bridgehead atoms. The normalized spacial score (nSPS) is 20.0. The molecular formula is C10H12Cl3NO. The molecule has 0 radical (unpaired) electrons. The topological polar surface area (TPSA) is 32.3 Å². The molecule has 0 aromatic heterocycles. The van der Waals surface area contributed by atoms with Gasteiger partial charge in [-0.1, -0.05) is 23.2 Å². The Kier molecular flexibility index (Phi) is 4.53. The summed E-state index contributed by atoms with van der Waals surface area (Å²) >= 11 is 11.7. The lowest BCUT2D eigenvalue weighted by atomic mass is 10.0. The van der Waals surface area contributed by atoms with Gasteiger partial charge in [0.2, 0.25) is 0 Å². The Bertz CT molecular complexity index is 351. The highest BCUT2D eigenvalue weighted by Gasteiger charge is 2.21. The smallest absolute Gasteiger partial charge is 0.139 e. The van der Waals surface area contributed by atoms with E-state index in [1.54, 1.807) is 12.1 Å². The molecule has 1 saturated heterocycles. The van der Waals surface area contributed by atoms with Crippen molar-refractivity contribution in [3.63, 3.8) is 0 Å². The van der Waals surface area contributed by atoms with Crippen LogP contribution in [0.3, 0.4) is 0 Å². The molecule has 2 rings (SSSR count). The SMILES string of the molecule is Cl.Oc1c(Cl)cc(Cl)cc1[C@H]1CCCN1. The van der Waals surface area contributed by atoms with Crippen molar-refractivity contribution < 1.29 is 5.11 Å². The number of aromatic hydroxyl groups is 1. The maximum absolute atomic E-state index is 9.75. The van der Waals surface area contributed by atoms with Crippen molar-refractivity contribution in [1.82, 2.24) is 5.32 Å². The van der Waals surface area contributed by atoms with Gasteiger partial charge in [0.25, 0.3) is 0 Å². The number of nitrogens with one attached hydrogen (secondary N) is 1. The summed E-state index contributed by atoms with van der Waals surface area (Å²) in [7, 11) is 0. The molecule has 1 heterocycles. The van der Waals surface area contributed by atoms with Crippen LogP contribution in [0.25, 0.3) is 0 Å². The Morgan fingerprint density at radius 1 is 1.33 bits per heavy atom. The van der Waals surface area contributed by atoms with Crippen molar-refractivity contribution >= 4 is 35.6 Å². The summed E-state index contributed by atoms with van der Waals surface area (Å²) in [5.74, 6) is 0.149. The molecule has 0 amide bonds. The van der Waals surface area contributed by atoms with Gasteiger partial charge in [0.1, 0.15) is 5.75 Å². The first-order valence-corrected chi connectivity index (χ1v) is 5.35. The molecule has 1 aromatic carbocycles. The van der Waals surface area contributed by atoms with Gasteiger partial charge in [0, 0.05) is 16.6 Å². The van der Waals surface area contributed by atoms with Gasteiger partial charge in [-0.15, -0.1) is 12.4 Å². The molecule has 1 fully saturated rings. The summed E-state index contributed by atoms with van der Waals surface area (Å²) < 4.78 is 0. The summed E-state index contributed by atoms with van der Waals surface area (Å²) in [5, 5.41) is 13.9. The van der Waals surface area contributed by atoms with E-state index in [1.807, 2.05) is 0 Å². The van der Waals surface area contributed by atoms with Crippen molar-refractivity contribution in [3.8, 4) is 5.75 Å². The lowest BCUT2D eigenvalue weighted by Crippen LogP contribution is -2.12. The number of phenols is 1. The van der Waals surface area contributed by atoms with Crippen LogP contribution in [0.15, 0.2) is 12.1 Å². The van der Waals surface area contributed by atoms with Crippen LogP contribution in [-0.2, 0) is 0 Å². The lowest BCUT2D eigenvalue weighted by molar-refractivity contribution is 0.457. The minimum absolute atomic E-state index is 0. The highest BCUT2D eigenvalue weighted by Crippen LogP contribution is 2.37. The van der Waals surface area contributed by atoms with Crippen LogP contribution in [0.2, 0.25) is 10.0 Å². The van der Waals surface area contributed by atoms with Crippen LogP contribution in [-0.4, -0.2) is 11.7 Å². The van der Waals surface area contributed by atoms with Crippen LogP contribution in [0.4, 0.5) is 0 Å². The molecule has 2 N–H and O–H groups in total. The Hall–Kier alpha value is -0.150. The summed E-state index contributed by atoms with van der Waals surface area (Å²) in [4.78, 5) is 0. The molecule has 1 aliphatic rings. The second kappa shape index (κ2) is 5.26. The quantitative estimate of drug-likeness (QED) is 0.816. The number of phenolic OH excluding ortho intramolecular Hbond substituents is 1. The lowest BCUT2D eigenvalue weighted by Gasteiger charge is -2.13. The van der Waals surface area contributed by atoms with Gasteiger partial charge in [-0.2, -0.15) is 0 Å². The maximum Gasteiger partial charge on any atom is 0.139 e. The Morgan fingerprint density at radius 3 is 2.67 bits per heavy atom. The third-order valence-corrected chi connectivity index (χ3v) is 3.00. The average molecular weight is 269 g/mol. The largest absolute Gasteiger partial charge is 0.506 e. The number of hydrogen-bond donors (Lipinski definition) is 2. The van der Waals surface area contributed by atoms with Crippen LogP contribution >= 0.6 is 35.6 Å². The number of hydrogen-bond acceptors (Lipinski definition) is 2. The van der Waals surface area contributed by atoms with E-state index in [0.29, 0.717) is 10.0 Å². The monoisotopic (exact) mass is 267 g/mol. The molecule has 1 atom stereocenters. The van der Waals surface area contributed by atoms with E-state index in [4.69, 9.17) is 23.2 Å². The zero-order valence-electron chi connectivity index (χ0n) is 7.96. The minimum atomic E-state index is 0. The first kappa shape index (κ1) is 12.9. The second-order valence-electron chi connectivity index (χ2n) is 3.47. The van der Waals surface area contributed by atoms with Gasteiger partial charge in [0.05, 0.1) is 5.02 Å². The van der Waals surface area contributed by atoms with Crippen molar-refractivity contribution in [2.45, 2.75) is 18.9 Å². The molecule has 1 aromatic rings. The molecule has 15 heavy (non-hydrogen) atoms. The van der Waals surface area contributed by atoms with Crippen molar-refractivity contribution in [1.29, 1.82) is 0 Å². The molecule has 5 heteroatoms. The van der Waals surface area contributed by atoms with Gasteiger partial charge in [0.15, 0.2) is 0 Å². The Labute approximate surface area is 105 Å². The first-order chi connectivity index (χ1) is 6.68. The van der Waals surface area contributed by atoms with Gasteiger partial charge in [-0.25, -0.2) is 0 Å². The highest BCUT2D eigenvalue weighted by atomic mass is 35.5. The van der Waals surface area contributed by atoms with Crippen molar-refractivity contribution in [3.05, 3.63) is 27.7 Å². The van der Waals surface area contributed by atoms with Gasteiger partial charge >= 0.3 is 0 Å². The second-order valence-corrected chi connectivity index (χ2v) is 4.32. The molecule has 0 unspecified atom stereocenters. The number of halogens is 3. The summed E-state index contributed by atoms with van der Waals surface area (Å²) in [6, 6.07) is 3.51. The first-order valence-electron chi connectivity index (χ1n) is 4.60. The summed E-state index contributed by atoms with van der Waals surface area (Å²) in [6.07, 6.45) is 2.14. The van der Waals surface area contributed by atoms with E-state index in [2.05, 4.69) is 5.32 Å². The maximum atomic E-state index is 9.75. The van der Waals surface area contributed by atoms with Gasteiger partial charge < -0.3 is 10.4 Å². The van der Waals surface area contributed by atoms with E-state index in [0.717, 1.165) is 24.9 Å². The average Bonchev–Trinajstić information content (AvgIpc) is 2.63. The zero-order valence-corrected chi connectivity index (χ0v) is 10.3. The number of benzene rings is 1. The van der Waals surface area contributed by atoms with Crippen LogP contribution in [0.1, 0.15) is 24.4 Å². The highest BCUT2D eigenvalue weighted by molar-refractivity contribution is 6.35. The molecule has 2 nitrogen and oxygen atoms in total. The third-order valence-electron chi connectivity index (χ3n) is 2.49. The van der Waals surface area contributed by atoms with E-state index >= 15 is 0 Å². The van der Waals surface area contributed by atoms with Crippen LogP contribution in [0, 0.1) is 0 Å². The van der Waals surface area contributed by atoms with E-state index in [-0.39, 0.29) is 24.2 Å².